The second-order valence-electron chi connectivity index (χ2n) is 7.51. The predicted octanol–water partition coefficient (Wildman–Crippen LogP) is 3.41. The van der Waals surface area contributed by atoms with E-state index in [1.807, 2.05) is 36.9 Å². The third kappa shape index (κ3) is 4.91. The van der Waals surface area contributed by atoms with Crippen LogP contribution in [0.4, 0.5) is 0 Å². The van der Waals surface area contributed by atoms with Crippen LogP contribution in [0.2, 0.25) is 0 Å². The van der Waals surface area contributed by atoms with E-state index in [1.54, 1.807) is 12.1 Å². The fraction of sp³-hybridized carbons (Fsp3) is 0.391. The van der Waals surface area contributed by atoms with E-state index in [4.69, 9.17) is 4.74 Å². The van der Waals surface area contributed by atoms with Crippen LogP contribution in [-0.2, 0) is 4.79 Å². The van der Waals surface area contributed by atoms with Gasteiger partial charge >= 0.3 is 0 Å². The van der Waals surface area contributed by atoms with Gasteiger partial charge in [-0.3, -0.25) is 9.59 Å². The molecule has 5 nitrogen and oxygen atoms in total. The molecular formula is C23H28N2O3. The summed E-state index contributed by atoms with van der Waals surface area (Å²) in [5, 5.41) is 3.06. The van der Waals surface area contributed by atoms with E-state index in [9.17, 15) is 9.59 Å². The monoisotopic (exact) mass is 380 g/mol. The van der Waals surface area contributed by atoms with Gasteiger partial charge in [0, 0.05) is 24.7 Å². The van der Waals surface area contributed by atoms with Crippen molar-refractivity contribution in [3.63, 3.8) is 0 Å². The van der Waals surface area contributed by atoms with E-state index >= 15 is 0 Å². The Kier molecular flexibility index (Phi) is 6.34. The van der Waals surface area contributed by atoms with Gasteiger partial charge in [-0.15, -0.1) is 0 Å². The number of ether oxygens (including phenoxy) is 1. The molecule has 1 aliphatic heterocycles. The molecule has 0 bridgehead atoms. The summed E-state index contributed by atoms with van der Waals surface area (Å²) in [5.41, 5.74) is 3.95. The van der Waals surface area contributed by atoms with Crippen molar-refractivity contribution in [2.24, 2.45) is 0 Å². The topological polar surface area (TPSA) is 58.6 Å². The quantitative estimate of drug-likeness (QED) is 0.865. The number of carbonyl (C=O) groups excluding carboxylic acids is 2. The lowest BCUT2D eigenvalue weighted by Gasteiger charge is -2.32. The molecule has 2 amide bonds. The zero-order valence-electron chi connectivity index (χ0n) is 16.8. The molecule has 0 spiro atoms. The van der Waals surface area contributed by atoms with Crippen molar-refractivity contribution >= 4 is 11.8 Å². The first kappa shape index (κ1) is 19.9. The first-order valence-electron chi connectivity index (χ1n) is 9.78. The number of amides is 2. The van der Waals surface area contributed by atoms with Crippen molar-refractivity contribution < 1.29 is 14.3 Å². The standard InChI is InChI=1S/C23H28N2O3/c1-16-13-17(2)22(18(3)14-16)28-15-21(26)25-11-9-20(10-12-25)24-23(27)19-7-5-4-6-8-19/h4-8,13-14,20H,9-12,15H2,1-3H3,(H,24,27). The molecule has 3 rings (SSSR count). The Morgan fingerprint density at radius 1 is 1.04 bits per heavy atom. The van der Waals surface area contributed by atoms with Gasteiger partial charge in [-0.1, -0.05) is 35.9 Å². The largest absolute Gasteiger partial charge is 0.483 e. The normalized spacial score (nSPS) is 14.6. The zero-order valence-corrected chi connectivity index (χ0v) is 16.8. The number of piperidine rings is 1. The molecule has 1 fully saturated rings. The van der Waals surface area contributed by atoms with Crippen molar-refractivity contribution in [3.05, 3.63) is 64.7 Å². The highest BCUT2D eigenvalue weighted by molar-refractivity contribution is 5.94. The van der Waals surface area contributed by atoms with E-state index < -0.39 is 0 Å². The highest BCUT2D eigenvalue weighted by Crippen LogP contribution is 2.24. The Morgan fingerprint density at radius 3 is 2.25 bits per heavy atom. The lowest BCUT2D eigenvalue weighted by Crippen LogP contribution is -2.47. The number of carbonyl (C=O) groups is 2. The van der Waals surface area contributed by atoms with Gasteiger partial charge in [-0.2, -0.15) is 0 Å². The van der Waals surface area contributed by atoms with Crippen molar-refractivity contribution in [3.8, 4) is 5.75 Å². The molecule has 0 atom stereocenters. The Balaban J connectivity index is 1.47. The van der Waals surface area contributed by atoms with Gasteiger partial charge in [-0.05, 0) is 56.9 Å². The summed E-state index contributed by atoms with van der Waals surface area (Å²) in [7, 11) is 0. The molecule has 28 heavy (non-hydrogen) atoms. The van der Waals surface area contributed by atoms with Gasteiger partial charge in [0.1, 0.15) is 5.75 Å². The summed E-state index contributed by atoms with van der Waals surface area (Å²) >= 11 is 0. The molecule has 0 radical (unpaired) electrons. The number of benzene rings is 2. The first-order valence-corrected chi connectivity index (χ1v) is 9.78. The Hall–Kier alpha value is -2.82. The number of nitrogens with one attached hydrogen (secondary N) is 1. The van der Waals surface area contributed by atoms with Gasteiger partial charge in [0.05, 0.1) is 0 Å². The molecule has 1 aliphatic rings. The number of rotatable bonds is 5. The highest BCUT2D eigenvalue weighted by atomic mass is 16.5. The highest BCUT2D eigenvalue weighted by Gasteiger charge is 2.24. The minimum Gasteiger partial charge on any atom is -0.483 e. The van der Waals surface area contributed by atoms with Crippen molar-refractivity contribution in [1.29, 1.82) is 0 Å². The van der Waals surface area contributed by atoms with E-state index in [0.717, 1.165) is 29.7 Å². The van der Waals surface area contributed by atoms with Crippen LogP contribution in [0.3, 0.4) is 0 Å². The maximum atomic E-state index is 12.5. The molecule has 0 unspecified atom stereocenters. The van der Waals surface area contributed by atoms with Gasteiger partial charge in [0.15, 0.2) is 6.61 Å². The van der Waals surface area contributed by atoms with Crippen molar-refractivity contribution in [2.75, 3.05) is 19.7 Å². The summed E-state index contributed by atoms with van der Waals surface area (Å²) in [6, 6.07) is 13.4. The maximum absolute atomic E-state index is 12.5. The molecular weight excluding hydrogens is 352 g/mol. The van der Waals surface area contributed by atoms with Crippen LogP contribution < -0.4 is 10.1 Å². The minimum atomic E-state index is -0.0565. The van der Waals surface area contributed by atoms with Crippen LogP contribution >= 0.6 is 0 Å². The van der Waals surface area contributed by atoms with Gasteiger partial charge < -0.3 is 15.0 Å². The maximum Gasteiger partial charge on any atom is 0.260 e. The Bertz CT molecular complexity index is 817. The summed E-state index contributed by atoms with van der Waals surface area (Å²) in [6.07, 6.45) is 1.51. The molecule has 0 saturated carbocycles. The number of hydrogen-bond donors (Lipinski definition) is 1. The van der Waals surface area contributed by atoms with Crippen molar-refractivity contribution in [1.82, 2.24) is 10.2 Å². The van der Waals surface area contributed by atoms with Gasteiger partial charge in [0.25, 0.3) is 11.8 Å². The third-order valence-electron chi connectivity index (χ3n) is 5.16. The molecule has 1 heterocycles. The van der Waals surface area contributed by atoms with Crippen LogP contribution in [0.1, 0.15) is 39.9 Å². The van der Waals surface area contributed by atoms with Crippen LogP contribution in [0.5, 0.6) is 5.75 Å². The zero-order chi connectivity index (χ0) is 20.1. The van der Waals surface area contributed by atoms with Crippen molar-refractivity contribution in [2.45, 2.75) is 39.7 Å². The fourth-order valence-electron chi connectivity index (χ4n) is 3.75. The van der Waals surface area contributed by atoms with E-state index in [0.29, 0.717) is 18.7 Å². The van der Waals surface area contributed by atoms with E-state index in [2.05, 4.69) is 24.4 Å². The summed E-state index contributed by atoms with van der Waals surface area (Å²) in [4.78, 5) is 26.6. The smallest absolute Gasteiger partial charge is 0.260 e. The van der Waals surface area contributed by atoms with Gasteiger partial charge in [0.2, 0.25) is 0 Å². The molecule has 148 valence electrons. The average molecular weight is 380 g/mol. The molecule has 2 aromatic rings. The number of hydrogen-bond acceptors (Lipinski definition) is 3. The lowest BCUT2D eigenvalue weighted by atomic mass is 10.0. The molecule has 5 heteroatoms. The summed E-state index contributed by atoms with van der Waals surface area (Å²) < 4.78 is 5.83. The molecule has 0 aliphatic carbocycles. The average Bonchev–Trinajstić information content (AvgIpc) is 2.68. The molecule has 1 saturated heterocycles. The Morgan fingerprint density at radius 2 is 1.64 bits per heavy atom. The first-order chi connectivity index (χ1) is 13.4. The number of aryl methyl sites for hydroxylation is 3. The number of nitrogens with zero attached hydrogens (tertiary/aromatic N) is 1. The predicted molar refractivity (Wildman–Crippen MR) is 110 cm³/mol. The molecule has 2 aromatic carbocycles. The number of likely N-dealkylation sites (tertiary alicyclic amines) is 1. The Labute approximate surface area is 166 Å². The van der Waals surface area contributed by atoms with Crippen LogP contribution in [0.25, 0.3) is 0 Å². The summed E-state index contributed by atoms with van der Waals surface area (Å²) in [5.74, 6) is 0.732. The fourth-order valence-corrected chi connectivity index (χ4v) is 3.75. The van der Waals surface area contributed by atoms with E-state index in [-0.39, 0.29) is 24.5 Å². The second-order valence-corrected chi connectivity index (χ2v) is 7.51. The van der Waals surface area contributed by atoms with Crippen LogP contribution in [0, 0.1) is 20.8 Å². The SMILES string of the molecule is Cc1cc(C)c(OCC(=O)N2CCC(NC(=O)c3ccccc3)CC2)c(C)c1. The summed E-state index contributed by atoms with van der Waals surface area (Å²) in [6.45, 7) is 7.37. The van der Waals surface area contributed by atoms with Crippen LogP contribution in [-0.4, -0.2) is 42.5 Å². The van der Waals surface area contributed by atoms with Gasteiger partial charge in [-0.25, -0.2) is 0 Å². The van der Waals surface area contributed by atoms with E-state index in [1.165, 1.54) is 5.56 Å². The lowest BCUT2D eigenvalue weighted by molar-refractivity contribution is -0.134. The van der Waals surface area contributed by atoms with Crippen LogP contribution in [0.15, 0.2) is 42.5 Å². The second kappa shape index (κ2) is 8.91. The minimum absolute atomic E-state index is 0.00721. The molecule has 1 N–H and O–H groups in total. The molecule has 0 aromatic heterocycles. The third-order valence-corrected chi connectivity index (χ3v) is 5.16.